The summed E-state index contributed by atoms with van der Waals surface area (Å²) in [4.78, 5) is 12.2. The Morgan fingerprint density at radius 1 is 1.22 bits per heavy atom. The van der Waals surface area contributed by atoms with E-state index in [0.717, 1.165) is 18.3 Å². The number of carbonyl (C=O) groups excluding carboxylic acids is 1. The van der Waals surface area contributed by atoms with Crippen LogP contribution in [0.1, 0.15) is 5.56 Å². The number of alkyl halides is 3. The van der Waals surface area contributed by atoms with Gasteiger partial charge in [0.1, 0.15) is 17.4 Å². The molecule has 0 saturated heterocycles. The molecule has 0 aliphatic carbocycles. The van der Waals surface area contributed by atoms with Crippen molar-refractivity contribution in [3.63, 3.8) is 0 Å². The van der Waals surface area contributed by atoms with Gasteiger partial charge in [0, 0.05) is 17.6 Å². The number of rotatable bonds is 5. The lowest BCUT2D eigenvalue weighted by atomic mass is 10.2. The van der Waals surface area contributed by atoms with Gasteiger partial charge in [-0.05, 0) is 36.4 Å². The molecule has 140 valence electrons. The molecule has 0 unspecified atom stereocenters. The minimum Gasteiger partial charge on any atom is -0.495 e. The molecule has 0 atom stereocenters. The fourth-order valence-corrected chi connectivity index (χ4v) is 2.29. The number of carbonyl (C=O) groups is 1. The predicted octanol–water partition coefficient (Wildman–Crippen LogP) is 4.83. The summed E-state index contributed by atoms with van der Waals surface area (Å²) >= 11 is 5.96. The van der Waals surface area contributed by atoms with Crippen LogP contribution in [0.2, 0.25) is 5.02 Å². The number of halogens is 4. The number of benzene rings is 2. The molecule has 0 saturated carbocycles. The predicted molar refractivity (Wildman–Crippen MR) is 95.4 cm³/mol. The van der Waals surface area contributed by atoms with Gasteiger partial charge in [0.05, 0.1) is 17.7 Å². The van der Waals surface area contributed by atoms with Gasteiger partial charge in [-0.15, -0.1) is 0 Å². The maximum Gasteiger partial charge on any atom is 0.416 e. The SMILES string of the molecule is COc1ccc(NC(=O)/C(C#N)=C\Nc2cccc(C(F)(F)F)c2)cc1Cl. The van der Waals surface area contributed by atoms with Crippen molar-refractivity contribution >= 4 is 28.9 Å². The Kier molecular flexibility index (Phi) is 6.32. The first-order valence-electron chi connectivity index (χ1n) is 7.43. The highest BCUT2D eigenvalue weighted by atomic mass is 35.5. The molecular formula is C18H13ClF3N3O2. The normalized spacial score (nSPS) is 11.5. The van der Waals surface area contributed by atoms with E-state index in [9.17, 15) is 18.0 Å². The van der Waals surface area contributed by atoms with Crippen molar-refractivity contribution in [2.45, 2.75) is 6.18 Å². The molecule has 0 aromatic heterocycles. The highest BCUT2D eigenvalue weighted by Gasteiger charge is 2.30. The average Bonchev–Trinajstić information content (AvgIpc) is 2.62. The quantitative estimate of drug-likeness (QED) is 0.562. The number of ether oxygens (including phenoxy) is 1. The zero-order valence-corrected chi connectivity index (χ0v) is 14.7. The molecule has 9 heteroatoms. The van der Waals surface area contributed by atoms with Gasteiger partial charge in [0.2, 0.25) is 0 Å². The number of amides is 1. The van der Waals surface area contributed by atoms with Gasteiger partial charge >= 0.3 is 6.18 Å². The summed E-state index contributed by atoms with van der Waals surface area (Å²) in [5.41, 5.74) is -0.778. The van der Waals surface area contributed by atoms with E-state index >= 15 is 0 Å². The first-order valence-corrected chi connectivity index (χ1v) is 7.81. The fraction of sp³-hybridized carbons (Fsp3) is 0.111. The van der Waals surface area contributed by atoms with Gasteiger partial charge in [-0.1, -0.05) is 17.7 Å². The lowest BCUT2D eigenvalue weighted by Gasteiger charge is -2.09. The Morgan fingerprint density at radius 3 is 2.56 bits per heavy atom. The average molecular weight is 396 g/mol. The third kappa shape index (κ3) is 5.39. The molecule has 5 nitrogen and oxygen atoms in total. The van der Waals surface area contributed by atoms with Gasteiger partial charge in [-0.25, -0.2) is 0 Å². The van der Waals surface area contributed by atoms with Crippen LogP contribution in [0.15, 0.2) is 54.2 Å². The first kappa shape index (κ1) is 20.1. The first-order chi connectivity index (χ1) is 12.7. The van der Waals surface area contributed by atoms with Crippen molar-refractivity contribution < 1.29 is 22.7 Å². The summed E-state index contributed by atoms with van der Waals surface area (Å²) in [5, 5.41) is 14.4. The zero-order valence-electron chi connectivity index (χ0n) is 13.9. The van der Waals surface area contributed by atoms with E-state index in [1.54, 1.807) is 6.07 Å². The van der Waals surface area contributed by atoms with E-state index in [2.05, 4.69) is 10.6 Å². The Balaban J connectivity index is 2.13. The molecule has 2 aromatic carbocycles. The smallest absolute Gasteiger partial charge is 0.416 e. The highest BCUT2D eigenvalue weighted by molar-refractivity contribution is 6.32. The number of nitriles is 1. The molecule has 0 aliphatic heterocycles. The van der Waals surface area contributed by atoms with E-state index in [1.807, 2.05) is 0 Å². The molecular weight excluding hydrogens is 383 g/mol. The van der Waals surface area contributed by atoms with E-state index in [0.29, 0.717) is 11.4 Å². The van der Waals surface area contributed by atoms with Crippen LogP contribution < -0.4 is 15.4 Å². The van der Waals surface area contributed by atoms with Gasteiger partial charge in [-0.2, -0.15) is 18.4 Å². The Bertz CT molecular complexity index is 921. The third-order valence-electron chi connectivity index (χ3n) is 3.35. The van der Waals surface area contributed by atoms with Gasteiger partial charge < -0.3 is 15.4 Å². The number of methoxy groups -OCH3 is 1. The molecule has 0 spiro atoms. The van der Waals surface area contributed by atoms with Crippen molar-refractivity contribution in [3.8, 4) is 11.8 Å². The minimum atomic E-state index is -4.50. The van der Waals surface area contributed by atoms with E-state index < -0.39 is 17.6 Å². The van der Waals surface area contributed by atoms with Gasteiger partial charge in [0.15, 0.2) is 0 Å². The van der Waals surface area contributed by atoms with Crippen molar-refractivity contribution in [2.24, 2.45) is 0 Å². The lowest BCUT2D eigenvalue weighted by Crippen LogP contribution is -2.14. The highest BCUT2D eigenvalue weighted by Crippen LogP contribution is 2.31. The molecule has 0 aliphatic rings. The van der Waals surface area contributed by atoms with Crippen LogP contribution in [0.5, 0.6) is 5.75 Å². The Morgan fingerprint density at radius 2 is 1.96 bits per heavy atom. The molecule has 1 amide bonds. The van der Waals surface area contributed by atoms with Crippen LogP contribution in [-0.2, 0) is 11.0 Å². The summed E-state index contributed by atoms with van der Waals surface area (Å²) in [6, 6.07) is 10.6. The van der Waals surface area contributed by atoms with Crippen LogP contribution in [0.25, 0.3) is 0 Å². The summed E-state index contributed by atoms with van der Waals surface area (Å²) in [5.74, 6) is -0.338. The molecule has 0 radical (unpaired) electrons. The van der Waals surface area contributed by atoms with Gasteiger partial charge in [-0.3, -0.25) is 4.79 Å². The maximum atomic E-state index is 12.7. The third-order valence-corrected chi connectivity index (χ3v) is 3.64. The summed E-state index contributed by atoms with van der Waals surface area (Å²) in [6.45, 7) is 0. The van der Waals surface area contributed by atoms with E-state index in [-0.39, 0.29) is 16.3 Å². The Labute approximate surface area is 158 Å². The number of nitrogens with zero attached hydrogens (tertiary/aromatic N) is 1. The second-order valence-electron chi connectivity index (χ2n) is 5.20. The fourth-order valence-electron chi connectivity index (χ4n) is 2.03. The summed E-state index contributed by atoms with van der Waals surface area (Å²) < 4.78 is 43.1. The van der Waals surface area contributed by atoms with Crippen LogP contribution in [0.3, 0.4) is 0 Å². The standard InChI is InChI=1S/C18H13ClF3N3O2/c1-27-16-6-5-14(8-15(16)19)25-17(26)11(9-23)10-24-13-4-2-3-12(7-13)18(20,21)22/h2-8,10,24H,1H3,(H,25,26)/b11-10-. The van der Waals surface area contributed by atoms with Crippen LogP contribution in [-0.4, -0.2) is 13.0 Å². The van der Waals surface area contributed by atoms with Crippen LogP contribution in [0.4, 0.5) is 24.5 Å². The van der Waals surface area contributed by atoms with Crippen molar-refractivity contribution in [1.29, 1.82) is 5.26 Å². The number of hydrogen-bond acceptors (Lipinski definition) is 4. The molecule has 0 heterocycles. The second kappa shape index (κ2) is 8.47. The maximum absolute atomic E-state index is 12.7. The van der Waals surface area contributed by atoms with Crippen molar-refractivity contribution in [2.75, 3.05) is 17.7 Å². The molecule has 0 bridgehead atoms. The van der Waals surface area contributed by atoms with Crippen LogP contribution >= 0.6 is 11.6 Å². The monoisotopic (exact) mass is 395 g/mol. The topological polar surface area (TPSA) is 74.1 Å². The lowest BCUT2D eigenvalue weighted by molar-refractivity contribution is -0.137. The molecule has 2 N–H and O–H groups in total. The van der Waals surface area contributed by atoms with Gasteiger partial charge in [0.25, 0.3) is 5.91 Å². The van der Waals surface area contributed by atoms with E-state index in [1.165, 1.54) is 37.4 Å². The largest absolute Gasteiger partial charge is 0.495 e. The summed E-state index contributed by atoms with van der Waals surface area (Å²) in [6.07, 6.45) is -3.47. The Hall–Kier alpha value is -3.18. The molecule has 2 rings (SSSR count). The van der Waals surface area contributed by atoms with Crippen LogP contribution in [0, 0.1) is 11.3 Å². The zero-order chi connectivity index (χ0) is 20.0. The number of anilines is 2. The van der Waals surface area contributed by atoms with E-state index in [4.69, 9.17) is 21.6 Å². The minimum absolute atomic E-state index is 0.0814. The molecule has 27 heavy (non-hydrogen) atoms. The van der Waals surface area contributed by atoms with Crippen molar-refractivity contribution in [1.82, 2.24) is 0 Å². The van der Waals surface area contributed by atoms with Crippen molar-refractivity contribution in [3.05, 3.63) is 64.8 Å². The second-order valence-corrected chi connectivity index (χ2v) is 5.60. The summed E-state index contributed by atoms with van der Waals surface area (Å²) in [7, 11) is 1.44. The number of nitrogens with one attached hydrogen (secondary N) is 2. The number of hydrogen-bond donors (Lipinski definition) is 2. The molecule has 0 fully saturated rings. The molecule has 2 aromatic rings.